The van der Waals surface area contributed by atoms with E-state index in [1.165, 1.54) is 64.2 Å². The zero-order chi connectivity index (χ0) is 22.0. The van der Waals surface area contributed by atoms with Gasteiger partial charge in [0.15, 0.2) is 0 Å². The number of hydrogen-bond donors (Lipinski definition) is 0. The summed E-state index contributed by atoms with van der Waals surface area (Å²) in [5.41, 5.74) is 2.27. The van der Waals surface area contributed by atoms with Crippen LogP contribution >= 0.6 is 11.6 Å². The highest BCUT2D eigenvalue weighted by Crippen LogP contribution is 2.68. The van der Waals surface area contributed by atoms with Gasteiger partial charge < -0.3 is 0 Å². The van der Waals surface area contributed by atoms with Crippen molar-refractivity contribution in [2.24, 2.45) is 29.6 Å². The summed E-state index contributed by atoms with van der Waals surface area (Å²) < 4.78 is 0. The number of fused-ring (bicyclic) bond motifs is 5. The molecule has 0 aromatic rings. The summed E-state index contributed by atoms with van der Waals surface area (Å²) >= 11 is 6.61. The van der Waals surface area contributed by atoms with Crippen LogP contribution in [0.25, 0.3) is 0 Å². The standard InChI is InChI=1S/C29H50ClNSi/c1-19-12-17-26-25(18-19)27-28(31(26)21-15-13-20(30)14-16-21)23-10-6-7-11-24(23)29(27)32(2,3)22-8-4-5-9-22/h19-29H,4-18H2,1-3H3. The average molecular weight is 476 g/mol. The molecule has 0 bridgehead atoms. The molecule has 5 saturated carbocycles. The maximum atomic E-state index is 6.61. The van der Waals surface area contributed by atoms with Gasteiger partial charge in [-0.2, -0.15) is 0 Å². The first kappa shape index (κ1) is 22.9. The first-order valence-corrected chi connectivity index (χ1v) is 18.5. The van der Waals surface area contributed by atoms with E-state index in [1.54, 1.807) is 32.1 Å². The van der Waals surface area contributed by atoms with E-state index in [1.807, 2.05) is 0 Å². The Morgan fingerprint density at radius 3 is 2.09 bits per heavy atom. The topological polar surface area (TPSA) is 3.24 Å². The maximum absolute atomic E-state index is 6.61. The molecule has 6 fully saturated rings. The number of likely N-dealkylation sites (tertiary alicyclic amines) is 1. The van der Waals surface area contributed by atoms with Crippen LogP contribution in [0.5, 0.6) is 0 Å². The second-order valence-electron chi connectivity index (χ2n) is 14.0. The molecule has 1 heterocycles. The normalized spacial score (nSPS) is 50.2. The van der Waals surface area contributed by atoms with Crippen LogP contribution in [0, 0.1) is 29.6 Å². The minimum atomic E-state index is -1.27. The lowest BCUT2D eigenvalue weighted by molar-refractivity contribution is 0.0347. The number of rotatable bonds is 3. The van der Waals surface area contributed by atoms with Crippen molar-refractivity contribution in [3.8, 4) is 0 Å². The summed E-state index contributed by atoms with van der Waals surface area (Å²) in [6.07, 6.45) is 22.3. The molecule has 0 N–H and O–H groups in total. The lowest BCUT2D eigenvalue weighted by atomic mass is 9.73. The zero-order valence-electron chi connectivity index (χ0n) is 21.3. The Kier molecular flexibility index (Phi) is 6.33. The Morgan fingerprint density at radius 2 is 1.38 bits per heavy atom. The highest BCUT2D eigenvalue weighted by atomic mass is 35.5. The first-order valence-electron chi connectivity index (χ1n) is 14.9. The van der Waals surface area contributed by atoms with Gasteiger partial charge in [-0.25, -0.2) is 0 Å². The number of hydrogen-bond acceptors (Lipinski definition) is 1. The Hall–Kier alpha value is 0.467. The SMILES string of the molecule is CC1CCC2C(C1)C1C(C3CCCCC3C1[Si](C)(C)C1CCCC1)N2C1CCC(Cl)CC1. The van der Waals surface area contributed by atoms with Crippen molar-refractivity contribution in [2.75, 3.05) is 0 Å². The molecular weight excluding hydrogens is 426 g/mol. The molecule has 1 saturated heterocycles. The molecule has 32 heavy (non-hydrogen) atoms. The van der Waals surface area contributed by atoms with Crippen molar-refractivity contribution in [2.45, 2.75) is 151 Å². The molecule has 8 unspecified atom stereocenters. The van der Waals surface area contributed by atoms with Gasteiger partial charge in [-0.1, -0.05) is 65.0 Å². The van der Waals surface area contributed by atoms with Gasteiger partial charge in [-0.15, -0.1) is 11.6 Å². The minimum absolute atomic E-state index is 0.458. The van der Waals surface area contributed by atoms with Crippen molar-refractivity contribution in [3.63, 3.8) is 0 Å². The predicted octanol–water partition coefficient (Wildman–Crippen LogP) is 8.48. The van der Waals surface area contributed by atoms with E-state index in [0.717, 1.165) is 58.8 Å². The highest BCUT2D eigenvalue weighted by Gasteiger charge is 2.66. The molecule has 0 aromatic carbocycles. The summed E-state index contributed by atoms with van der Waals surface area (Å²) in [5, 5.41) is 0.458. The van der Waals surface area contributed by atoms with Crippen LogP contribution < -0.4 is 0 Å². The highest BCUT2D eigenvalue weighted by molar-refractivity contribution is 6.80. The summed E-state index contributed by atoms with van der Waals surface area (Å²) in [6, 6.07) is 2.74. The van der Waals surface area contributed by atoms with E-state index in [0.29, 0.717) is 5.38 Å². The van der Waals surface area contributed by atoms with Gasteiger partial charge in [0.25, 0.3) is 0 Å². The second kappa shape index (κ2) is 8.84. The Balaban J connectivity index is 1.39. The number of alkyl halides is 1. The molecule has 1 nitrogen and oxygen atoms in total. The maximum Gasteiger partial charge on any atom is 0.0542 e. The quantitative estimate of drug-likeness (QED) is 0.292. The van der Waals surface area contributed by atoms with Crippen molar-refractivity contribution >= 4 is 19.7 Å². The number of nitrogens with zero attached hydrogens (tertiary/aromatic N) is 1. The minimum Gasteiger partial charge on any atom is -0.294 e. The van der Waals surface area contributed by atoms with Crippen molar-refractivity contribution in [1.29, 1.82) is 0 Å². The molecular formula is C29H50ClNSi. The molecule has 8 atom stereocenters. The molecule has 6 aliphatic rings. The van der Waals surface area contributed by atoms with E-state index in [9.17, 15) is 0 Å². The Labute approximate surface area is 204 Å². The largest absolute Gasteiger partial charge is 0.294 e. The van der Waals surface area contributed by atoms with E-state index in [-0.39, 0.29) is 0 Å². The van der Waals surface area contributed by atoms with Crippen LogP contribution in [0.1, 0.15) is 103 Å². The Bertz CT molecular complexity index is 666. The smallest absolute Gasteiger partial charge is 0.0542 e. The van der Waals surface area contributed by atoms with Gasteiger partial charge in [0, 0.05) is 23.5 Å². The molecule has 0 spiro atoms. The predicted molar refractivity (Wildman–Crippen MR) is 140 cm³/mol. The first-order chi connectivity index (χ1) is 15.5. The molecule has 0 radical (unpaired) electrons. The van der Waals surface area contributed by atoms with Crippen LogP contribution in [-0.2, 0) is 0 Å². The molecule has 6 rings (SSSR count). The number of halogens is 1. The van der Waals surface area contributed by atoms with Crippen LogP contribution in [0.2, 0.25) is 24.2 Å². The van der Waals surface area contributed by atoms with Gasteiger partial charge in [0.1, 0.15) is 0 Å². The third kappa shape index (κ3) is 3.62. The molecule has 1 aliphatic heterocycles. The van der Waals surface area contributed by atoms with E-state index in [2.05, 4.69) is 24.9 Å². The molecule has 5 aliphatic carbocycles. The fourth-order valence-corrected chi connectivity index (χ4v) is 16.7. The van der Waals surface area contributed by atoms with E-state index >= 15 is 0 Å². The van der Waals surface area contributed by atoms with E-state index < -0.39 is 8.07 Å². The Morgan fingerprint density at radius 1 is 0.719 bits per heavy atom. The van der Waals surface area contributed by atoms with Gasteiger partial charge in [-0.3, -0.25) is 4.90 Å². The van der Waals surface area contributed by atoms with Gasteiger partial charge in [0.05, 0.1) is 8.07 Å². The van der Waals surface area contributed by atoms with Gasteiger partial charge in [0.2, 0.25) is 0 Å². The zero-order valence-corrected chi connectivity index (χ0v) is 23.0. The fourth-order valence-electron chi connectivity index (χ4n) is 11.0. The third-order valence-corrected chi connectivity index (χ3v) is 17.9. The van der Waals surface area contributed by atoms with Crippen LogP contribution in [0.3, 0.4) is 0 Å². The summed E-state index contributed by atoms with van der Waals surface area (Å²) in [4.78, 5) is 3.28. The van der Waals surface area contributed by atoms with Crippen molar-refractivity contribution < 1.29 is 0 Å². The van der Waals surface area contributed by atoms with Crippen molar-refractivity contribution in [1.82, 2.24) is 4.90 Å². The van der Waals surface area contributed by atoms with Crippen LogP contribution in [-0.4, -0.2) is 36.5 Å². The summed E-state index contributed by atoms with van der Waals surface area (Å²) in [6.45, 7) is 8.37. The molecule has 182 valence electrons. The van der Waals surface area contributed by atoms with Gasteiger partial charge >= 0.3 is 0 Å². The van der Waals surface area contributed by atoms with Crippen molar-refractivity contribution in [3.05, 3.63) is 0 Å². The van der Waals surface area contributed by atoms with Crippen LogP contribution in [0.15, 0.2) is 0 Å². The van der Waals surface area contributed by atoms with E-state index in [4.69, 9.17) is 11.6 Å². The lowest BCUT2D eigenvalue weighted by Crippen LogP contribution is -2.50. The molecule has 3 heteroatoms. The summed E-state index contributed by atoms with van der Waals surface area (Å²) in [7, 11) is -1.27. The fraction of sp³-hybridized carbons (Fsp3) is 1.00. The average Bonchev–Trinajstić information content (AvgIpc) is 3.49. The lowest BCUT2D eigenvalue weighted by Gasteiger charge is -2.48. The van der Waals surface area contributed by atoms with Crippen LogP contribution in [0.4, 0.5) is 0 Å². The molecule has 0 amide bonds. The second-order valence-corrected chi connectivity index (χ2v) is 19.8. The molecule has 0 aromatic heterocycles. The monoisotopic (exact) mass is 475 g/mol. The third-order valence-electron chi connectivity index (χ3n) is 12.2. The van der Waals surface area contributed by atoms with Gasteiger partial charge in [-0.05, 0) is 92.0 Å². The summed E-state index contributed by atoms with van der Waals surface area (Å²) in [5.74, 6) is 5.19.